The van der Waals surface area contributed by atoms with E-state index in [2.05, 4.69) is 25.2 Å². The normalized spacial score (nSPS) is 40.2. The van der Waals surface area contributed by atoms with Crippen LogP contribution in [0.4, 0.5) is 0 Å². The lowest BCUT2D eigenvalue weighted by atomic mass is 10.0. The highest BCUT2D eigenvalue weighted by molar-refractivity contribution is 8.02. The SMILES string of the molecule is CC1(C)SCC1NC1CCC(C#N)C1. The molecule has 2 rings (SSSR count). The van der Waals surface area contributed by atoms with Crippen LogP contribution in [-0.4, -0.2) is 22.6 Å². The van der Waals surface area contributed by atoms with Crippen LogP contribution in [0.15, 0.2) is 0 Å². The average Bonchev–Trinajstić information content (AvgIpc) is 2.60. The van der Waals surface area contributed by atoms with E-state index in [9.17, 15) is 0 Å². The molecule has 1 heterocycles. The highest BCUT2D eigenvalue weighted by atomic mass is 32.2. The molecule has 0 bridgehead atoms. The summed E-state index contributed by atoms with van der Waals surface area (Å²) in [6.45, 7) is 4.60. The Labute approximate surface area is 90.4 Å². The van der Waals surface area contributed by atoms with Crippen molar-refractivity contribution in [3.8, 4) is 6.07 Å². The number of nitriles is 1. The summed E-state index contributed by atoms with van der Waals surface area (Å²) in [5, 5.41) is 12.5. The van der Waals surface area contributed by atoms with Crippen LogP contribution in [-0.2, 0) is 0 Å². The van der Waals surface area contributed by atoms with Gasteiger partial charge in [-0.05, 0) is 33.1 Å². The summed E-state index contributed by atoms with van der Waals surface area (Å²) in [6, 6.07) is 3.64. The fraction of sp³-hybridized carbons (Fsp3) is 0.909. The Bertz CT molecular complexity index is 257. The van der Waals surface area contributed by atoms with Crippen molar-refractivity contribution in [2.75, 3.05) is 5.75 Å². The van der Waals surface area contributed by atoms with Gasteiger partial charge >= 0.3 is 0 Å². The van der Waals surface area contributed by atoms with Crippen LogP contribution in [0.3, 0.4) is 0 Å². The summed E-state index contributed by atoms with van der Waals surface area (Å²) in [5.74, 6) is 1.55. The molecule has 0 radical (unpaired) electrons. The fourth-order valence-electron chi connectivity index (χ4n) is 2.28. The van der Waals surface area contributed by atoms with Gasteiger partial charge in [-0.15, -0.1) is 0 Å². The molecule has 14 heavy (non-hydrogen) atoms. The predicted molar refractivity (Wildman–Crippen MR) is 60.2 cm³/mol. The predicted octanol–water partition coefficient (Wildman–Crippen LogP) is 2.16. The third kappa shape index (κ3) is 1.92. The first-order valence-corrected chi connectivity index (χ1v) is 6.40. The minimum Gasteiger partial charge on any atom is -0.309 e. The van der Waals surface area contributed by atoms with Crippen molar-refractivity contribution < 1.29 is 0 Å². The average molecular weight is 210 g/mol. The second-order valence-electron chi connectivity index (χ2n) is 4.97. The van der Waals surface area contributed by atoms with Gasteiger partial charge in [0.25, 0.3) is 0 Å². The number of hydrogen-bond donors (Lipinski definition) is 1. The van der Waals surface area contributed by atoms with Crippen LogP contribution in [0.1, 0.15) is 33.1 Å². The standard InChI is InChI=1S/C11H18N2S/c1-11(2)10(7-14-11)13-9-4-3-8(5-9)6-12/h8-10,13H,3-5,7H2,1-2H3. The van der Waals surface area contributed by atoms with Crippen LogP contribution in [0, 0.1) is 17.2 Å². The molecule has 78 valence electrons. The van der Waals surface area contributed by atoms with Gasteiger partial charge in [-0.2, -0.15) is 17.0 Å². The number of hydrogen-bond acceptors (Lipinski definition) is 3. The zero-order valence-electron chi connectivity index (χ0n) is 8.92. The van der Waals surface area contributed by atoms with Gasteiger partial charge in [-0.3, -0.25) is 0 Å². The van der Waals surface area contributed by atoms with E-state index < -0.39 is 0 Å². The second-order valence-corrected chi connectivity index (χ2v) is 6.64. The van der Waals surface area contributed by atoms with Gasteiger partial charge in [0.05, 0.1) is 6.07 Å². The van der Waals surface area contributed by atoms with Crippen LogP contribution >= 0.6 is 11.8 Å². The first kappa shape index (κ1) is 10.3. The molecule has 1 aliphatic heterocycles. The number of thioether (sulfide) groups is 1. The van der Waals surface area contributed by atoms with Gasteiger partial charge < -0.3 is 5.32 Å². The summed E-state index contributed by atoms with van der Waals surface area (Å²) < 4.78 is 0.407. The molecule has 0 aromatic carbocycles. The van der Waals surface area contributed by atoms with Crippen molar-refractivity contribution in [2.45, 2.75) is 49.9 Å². The maximum atomic E-state index is 8.81. The van der Waals surface area contributed by atoms with Crippen molar-refractivity contribution in [3.05, 3.63) is 0 Å². The van der Waals surface area contributed by atoms with Gasteiger partial charge in [-0.1, -0.05) is 0 Å². The minimum atomic E-state index is 0.309. The summed E-state index contributed by atoms with van der Waals surface area (Å²) in [5.41, 5.74) is 0. The van der Waals surface area contributed by atoms with Crippen LogP contribution in [0.2, 0.25) is 0 Å². The largest absolute Gasteiger partial charge is 0.309 e. The Morgan fingerprint density at radius 1 is 1.43 bits per heavy atom. The molecule has 2 fully saturated rings. The summed E-state index contributed by atoms with van der Waals surface area (Å²) >= 11 is 2.03. The highest BCUT2D eigenvalue weighted by Gasteiger charge is 2.41. The zero-order valence-corrected chi connectivity index (χ0v) is 9.73. The molecule has 1 N–H and O–H groups in total. The van der Waals surface area contributed by atoms with Crippen LogP contribution in [0.25, 0.3) is 0 Å². The van der Waals surface area contributed by atoms with Crippen molar-refractivity contribution in [2.24, 2.45) is 5.92 Å². The number of nitrogens with zero attached hydrogens (tertiary/aromatic N) is 1. The van der Waals surface area contributed by atoms with Crippen LogP contribution < -0.4 is 5.32 Å². The Kier molecular flexibility index (Phi) is 2.77. The Morgan fingerprint density at radius 2 is 2.21 bits per heavy atom. The molecule has 1 saturated carbocycles. The van der Waals surface area contributed by atoms with Crippen molar-refractivity contribution in [1.82, 2.24) is 5.32 Å². The fourth-order valence-corrected chi connectivity index (χ4v) is 3.45. The molecule has 3 unspecified atom stereocenters. The van der Waals surface area contributed by atoms with Crippen molar-refractivity contribution >= 4 is 11.8 Å². The Morgan fingerprint density at radius 3 is 2.64 bits per heavy atom. The maximum absolute atomic E-state index is 8.81. The second kappa shape index (κ2) is 3.75. The molecular formula is C11H18N2S. The molecule has 0 amide bonds. The minimum absolute atomic E-state index is 0.309. The van der Waals surface area contributed by atoms with Crippen LogP contribution in [0.5, 0.6) is 0 Å². The third-order valence-electron chi connectivity index (χ3n) is 3.51. The lowest BCUT2D eigenvalue weighted by Crippen LogP contribution is -2.57. The van der Waals surface area contributed by atoms with E-state index in [0.717, 1.165) is 12.8 Å². The van der Waals surface area contributed by atoms with E-state index in [0.29, 0.717) is 22.7 Å². The number of nitrogens with one attached hydrogen (secondary N) is 1. The van der Waals surface area contributed by atoms with Gasteiger partial charge in [0.1, 0.15) is 0 Å². The first-order chi connectivity index (χ1) is 6.62. The van der Waals surface area contributed by atoms with E-state index in [1.807, 2.05) is 11.8 Å². The van der Waals surface area contributed by atoms with Crippen molar-refractivity contribution in [3.63, 3.8) is 0 Å². The third-order valence-corrected chi connectivity index (χ3v) is 5.04. The smallest absolute Gasteiger partial charge is 0.0656 e. The quantitative estimate of drug-likeness (QED) is 0.758. The lowest BCUT2D eigenvalue weighted by molar-refractivity contribution is 0.378. The van der Waals surface area contributed by atoms with Crippen molar-refractivity contribution in [1.29, 1.82) is 5.26 Å². The molecule has 2 nitrogen and oxygen atoms in total. The van der Waals surface area contributed by atoms with Gasteiger partial charge in [0.2, 0.25) is 0 Å². The molecule has 3 heteroatoms. The lowest BCUT2D eigenvalue weighted by Gasteiger charge is -2.45. The van der Waals surface area contributed by atoms with E-state index in [-0.39, 0.29) is 0 Å². The molecule has 1 saturated heterocycles. The number of rotatable bonds is 2. The van der Waals surface area contributed by atoms with E-state index in [1.165, 1.54) is 12.2 Å². The Hall–Kier alpha value is -0.200. The van der Waals surface area contributed by atoms with Gasteiger partial charge in [0, 0.05) is 28.5 Å². The molecule has 3 atom stereocenters. The molecule has 1 aliphatic carbocycles. The monoisotopic (exact) mass is 210 g/mol. The van der Waals surface area contributed by atoms with Gasteiger partial charge in [-0.25, -0.2) is 0 Å². The van der Waals surface area contributed by atoms with E-state index in [4.69, 9.17) is 5.26 Å². The van der Waals surface area contributed by atoms with E-state index in [1.54, 1.807) is 0 Å². The first-order valence-electron chi connectivity index (χ1n) is 5.41. The zero-order chi connectivity index (χ0) is 10.2. The molecule has 0 aromatic heterocycles. The highest BCUT2D eigenvalue weighted by Crippen LogP contribution is 2.41. The summed E-state index contributed by atoms with van der Waals surface area (Å²) in [6.07, 6.45) is 3.34. The molecule has 2 aliphatic rings. The van der Waals surface area contributed by atoms with Gasteiger partial charge in [0.15, 0.2) is 0 Å². The molecule has 0 aromatic rings. The van der Waals surface area contributed by atoms with E-state index >= 15 is 0 Å². The Balaban J connectivity index is 1.80. The summed E-state index contributed by atoms with van der Waals surface area (Å²) in [7, 11) is 0. The maximum Gasteiger partial charge on any atom is 0.0656 e. The topological polar surface area (TPSA) is 35.8 Å². The molecule has 0 spiro atoms. The molecular weight excluding hydrogens is 192 g/mol. The summed E-state index contributed by atoms with van der Waals surface area (Å²) in [4.78, 5) is 0.